The summed E-state index contributed by atoms with van der Waals surface area (Å²) in [5.41, 5.74) is 0.785. The van der Waals surface area contributed by atoms with Crippen LogP contribution in [0.15, 0.2) is 36.4 Å². The average Bonchev–Trinajstić information content (AvgIpc) is 2.76. The Hall–Kier alpha value is -1.74. The lowest BCUT2D eigenvalue weighted by atomic mass is 9.96. The van der Waals surface area contributed by atoms with Crippen molar-refractivity contribution in [2.24, 2.45) is 0 Å². The zero-order chi connectivity index (χ0) is 28.0. The zero-order valence-corrected chi connectivity index (χ0v) is 22.0. The Bertz CT molecular complexity index is 1140. The van der Waals surface area contributed by atoms with Gasteiger partial charge in [-0.1, -0.05) is 70.7 Å². The third kappa shape index (κ3) is 10.2. The van der Waals surface area contributed by atoms with Crippen molar-refractivity contribution < 1.29 is 35.9 Å². The van der Waals surface area contributed by atoms with Crippen LogP contribution in [0.3, 0.4) is 0 Å². The highest BCUT2D eigenvalue weighted by molar-refractivity contribution is 6.48. The number of hydrogen-bond donors (Lipinski definition) is 0. The van der Waals surface area contributed by atoms with Gasteiger partial charge in [0.2, 0.25) is 0 Å². The first kappa shape index (κ1) is 31.5. The van der Waals surface area contributed by atoms with Crippen molar-refractivity contribution in [3.8, 4) is 0 Å². The Kier molecular flexibility index (Phi) is 11.4. The average molecular weight is 608 g/mol. The molecule has 0 N–H and O–H groups in total. The maximum Gasteiger partial charge on any atom is 0.399 e. The van der Waals surface area contributed by atoms with E-state index in [1.807, 2.05) is 0 Å². The summed E-state index contributed by atoms with van der Waals surface area (Å²) in [6, 6.07) is 6.76. The number of rotatable bonds is 11. The number of halogens is 10. The summed E-state index contributed by atoms with van der Waals surface area (Å²) in [6.45, 7) is 0. The van der Waals surface area contributed by atoms with Crippen molar-refractivity contribution in [1.82, 2.24) is 0 Å². The number of hydrogen-bond acceptors (Lipinski definition) is 2. The van der Waals surface area contributed by atoms with Crippen LogP contribution in [0.2, 0.25) is 20.1 Å². The molecule has 2 nitrogen and oxygen atoms in total. The molecule has 0 saturated heterocycles. The summed E-state index contributed by atoms with van der Waals surface area (Å²) in [6.07, 6.45) is -8.52. The van der Waals surface area contributed by atoms with E-state index in [2.05, 4.69) is 0 Å². The van der Waals surface area contributed by atoms with E-state index < -0.39 is 49.1 Å². The molecule has 0 saturated carbocycles. The van der Waals surface area contributed by atoms with Crippen molar-refractivity contribution in [1.29, 1.82) is 0 Å². The lowest BCUT2D eigenvalue weighted by Crippen LogP contribution is -2.19. The molecule has 1 atom stereocenters. The highest BCUT2D eigenvalue weighted by Gasteiger charge is 2.39. The third-order valence-corrected chi connectivity index (χ3v) is 6.85. The fourth-order valence-corrected chi connectivity index (χ4v) is 4.31. The Morgan fingerprint density at radius 2 is 1.38 bits per heavy atom. The Morgan fingerprint density at radius 1 is 0.811 bits per heavy atom. The maximum atomic E-state index is 13.7. The molecule has 0 aromatic heterocycles. The van der Waals surface area contributed by atoms with Gasteiger partial charge in [0.1, 0.15) is 0 Å². The Morgan fingerprint density at radius 3 is 1.89 bits per heavy atom. The quantitative estimate of drug-likeness (QED) is 0.145. The van der Waals surface area contributed by atoms with Gasteiger partial charge in [-0.2, -0.15) is 26.3 Å². The van der Waals surface area contributed by atoms with E-state index in [9.17, 15) is 35.9 Å². The van der Waals surface area contributed by atoms with E-state index in [0.717, 1.165) is 18.2 Å². The molecule has 0 spiro atoms. The fraction of sp³-hybridized carbons (Fsp3) is 0.360. The predicted molar refractivity (Wildman–Crippen MR) is 134 cm³/mol. The SMILES string of the molecule is O=C(CCCc1ccc(/C=C/C(c2cc(Cl)c(Cl)c(Cl)c2)C(F)(F)F)cc1Cl)C(=O)CCCC(F)(F)F. The summed E-state index contributed by atoms with van der Waals surface area (Å²) < 4.78 is 77.5. The molecule has 202 valence electrons. The molecule has 0 aliphatic heterocycles. The number of Topliss-reactive ketones (excluding diaryl/α,β-unsaturated/α-hetero) is 2. The van der Waals surface area contributed by atoms with E-state index in [1.54, 1.807) is 6.07 Å². The molecule has 0 bridgehead atoms. The van der Waals surface area contributed by atoms with Crippen molar-refractivity contribution in [2.75, 3.05) is 0 Å². The van der Waals surface area contributed by atoms with Crippen LogP contribution in [0.1, 0.15) is 54.7 Å². The molecule has 37 heavy (non-hydrogen) atoms. The molecule has 0 fully saturated rings. The molecule has 12 heteroatoms. The van der Waals surface area contributed by atoms with Crippen molar-refractivity contribution in [2.45, 2.75) is 56.8 Å². The second-order valence-electron chi connectivity index (χ2n) is 8.20. The first-order chi connectivity index (χ1) is 17.1. The summed E-state index contributed by atoms with van der Waals surface area (Å²) in [5.74, 6) is -3.62. The Balaban J connectivity index is 2.01. The van der Waals surface area contributed by atoms with Crippen LogP contribution in [0.4, 0.5) is 26.3 Å². The minimum atomic E-state index is -4.64. The first-order valence-electron chi connectivity index (χ1n) is 10.9. The van der Waals surface area contributed by atoms with Gasteiger partial charge in [0.05, 0.1) is 21.0 Å². The number of carbonyl (C=O) groups is 2. The molecule has 0 amide bonds. The van der Waals surface area contributed by atoms with Crippen LogP contribution >= 0.6 is 46.4 Å². The lowest BCUT2D eigenvalue weighted by molar-refractivity contribution is -0.141. The molecule has 2 aromatic rings. The van der Waals surface area contributed by atoms with Crippen molar-refractivity contribution in [3.05, 3.63) is 73.2 Å². The summed E-state index contributed by atoms with van der Waals surface area (Å²) in [4.78, 5) is 23.5. The van der Waals surface area contributed by atoms with Gasteiger partial charge in [0.25, 0.3) is 0 Å². The van der Waals surface area contributed by atoms with Gasteiger partial charge in [-0.15, -0.1) is 0 Å². The topological polar surface area (TPSA) is 34.1 Å². The summed E-state index contributed by atoms with van der Waals surface area (Å²) in [5, 5.41) is -0.0273. The highest BCUT2D eigenvalue weighted by Crippen LogP contribution is 2.41. The van der Waals surface area contributed by atoms with Gasteiger partial charge in [-0.05, 0) is 54.2 Å². The molecular formula is C25H20Cl4F6O2. The molecule has 1 unspecified atom stereocenters. The van der Waals surface area contributed by atoms with Gasteiger partial charge in [-0.25, -0.2) is 0 Å². The van der Waals surface area contributed by atoms with E-state index in [0.29, 0.717) is 11.1 Å². The van der Waals surface area contributed by atoms with Crippen LogP contribution < -0.4 is 0 Å². The minimum Gasteiger partial charge on any atom is -0.291 e. The number of carbonyl (C=O) groups excluding carboxylic acids is 2. The van der Waals surface area contributed by atoms with Gasteiger partial charge in [-0.3, -0.25) is 9.59 Å². The van der Waals surface area contributed by atoms with Crippen LogP contribution in [0.5, 0.6) is 0 Å². The van der Waals surface area contributed by atoms with Crippen molar-refractivity contribution >= 4 is 64.0 Å². The van der Waals surface area contributed by atoms with E-state index in [-0.39, 0.29) is 44.9 Å². The number of aryl methyl sites for hydroxylation is 1. The molecule has 0 radical (unpaired) electrons. The molecule has 0 aliphatic rings. The van der Waals surface area contributed by atoms with Crippen molar-refractivity contribution in [3.63, 3.8) is 0 Å². The van der Waals surface area contributed by atoms with Crippen LogP contribution in [0, 0.1) is 0 Å². The number of allylic oxidation sites excluding steroid dienone is 1. The van der Waals surface area contributed by atoms with Crippen LogP contribution in [-0.4, -0.2) is 23.9 Å². The highest BCUT2D eigenvalue weighted by atomic mass is 35.5. The summed E-state index contributed by atoms with van der Waals surface area (Å²) in [7, 11) is 0. The van der Waals surface area contributed by atoms with E-state index in [4.69, 9.17) is 46.4 Å². The number of ketones is 2. The standard InChI is InChI=1S/C25H20Cl4F6O2/c26-18-11-14(7-9-17(25(33,34)35)16-12-19(27)23(29)20(28)13-16)6-8-15(18)3-1-4-21(36)22(37)5-2-10-24(30,31)32/h6-9,11-13,17H,1-5,10H2/b9-7+. The number of alkyl halides is 6. The minimum absolute atomic E-state index is 0.0492. The van der Waals surface area contributed by atoms with E-state index in [1.165, 1.54) is 18.2 Å². The molecule has 0 aliphatic carbocycles. The van der Waals surface area contributed by atoms with Crippen LogP contribution in [0.25, 0.3) is 6.08 Å². The molecule has 2 aromatic carbocycles. The van der Waals surface area contributed by atoms with E-state index >= 15 is 0 Å². The first-order valence-corrected chi connectivity index (χ1v) is 12.4. The molecular weight excluding hydrogens is 588 g/mol. The Labute approximate surface area is 229 Å². The third-order valence-electron chi connectivity index (χ3n) is 5.30. The zero-order valence-electron chi connectivity index (χ0n) is 19.0. The van der Waals surface area contributed by atoms with Gasteiger partial charge >= 0.3 is 12.4 Å². The monoisotopic (exact) mass is 606 g/mol. The normalized spacial score (nSPS) is 13.2. The number of benzene rings is 2. The summed E-state index contributed by atoms with van der Waals surface area (Å²) >= 11 is 23.8. The molecule has 0 heterocycles. The van der Waals surface area contributed by atoms with Gasteiger partial charge in [0, 0.05) is 24.3 Å². The second-order valence-corrected chi connectivity index (χ2v) is 9.80. The predicted octanol–water partition coefficient (Wildman–Crippen LogP) is 9.85. The smallest absolute Gasteiger partial charge is 0.291 e. The van der Waals surface area contributed by atoms with Gasteiger partial charge < -0.3 is 0 Å². The largest absolute Gasteiger partial charge is 0.399 e. The van der Waals surface area contributed by atoms with Gasteiger partial charge in [0.15, 0.2) is 11.6 Å². The molecule has 2 rings (SSSR count). The second kappa shape index (κ2) is 13.4. The van der Waals surface area contributed by atoms with Crippen LogP contribution in [-0.2, 0) is 16.0 Å². The lowest BCUT2D eigenvalue weighted by Gasteiger charge is -2.18. The fourth-order valence-electron chi connectivity index (χ4n) is 3.41. The maximum absolute atomic E-state index is 13.7.